The molecule has 6 rings (SSSR count). The molecule has 3 aliphatic rings. The van der Waals surface area contributed by atoms with Gasteiger partial charge in [-0.15, -0.1) is 11.3 Å². The van der Waals surface area contributed by atoms with Crippen LogP contribution in [0, 0.1) is 5.92 Å². The summed E-state index contributed by atoms with van der Waals surface area (Å²) in [5, 5.41) is 15.8. The van der Waals surface area contributed by atoms with Gasteiger partial charge in [-0.3, -0.25) is 4.79 Å². The van der Waals surface area contributed by atoms with E-state index in [1.54, 1.807) is 18.4 Å². The number of amides is 1. The minimum atomic E-state index is 0.0115. The lowest BCUT2D eigenvalue weighted by atomic mass is 9.92. The van der Waals surface area contributed by atoms with Gasteiger partial charge in [0, 0.05) is 48.3 Å². The Morgan fingerprint density at radius 3 is 2.71 bits per heavy atom. The highest BCUT2D eigenvalue weighted by Crippen LogP contribution is 2.45. The largest absolute Gasteiger partial charge is 0.496 e. The second kappa shape index (κ2) is 8.70. The average molecular weight is 480 g/mol. The van der Waals surface area contributed by atoms with E-state index in [1.807, 2.05) is 18.2 Å². The summed E-state index contributed by atoms with van der Waals surface area (Å²) in [4.78, 5) is 27.9. The molecule has 3 fully saturated rings. The van der Waals surface area contributed by atoms with Crippen LogP contribution in [0.15, 0.2) is 29.6 Å². The van der Waals surface area contributed by atoms with Crippen LogP contribution >= 0.6 is 11.3 Å². The van der Waals surface area contributed by atoms with E-state index in [2.05, 4.69) is 26.6 Å². The van der Waals surface area contributed by atoms with Gasteiger partial charge >= 0.3 is 0 Å². The molecule has 1 amide bonds. The zero-order valence-electron chi connectivity index (χ0n) is 19.2. The Labute approximate surface area is 202 Å². The Bertz CT molecular complexity index is 1220. The van der Waals surface area contributed by atoms with Crippen LogP contribution in [0.3, 0.4) is 0 Å². The Kier molecular flexibility index (Phi) is 5.53. The fourth-order valence-electron chi connectivity index (χ4n) is 5.91. The lowest BCUT2D eigenvalue weighted by molar-refractivity contribution is -0.120. The first-order chi connectivity index (χ1) is 16.7. The third-order valence-electron chi connectivity index (χ3n) is 7.46. The number of aliphatic hydroxyl groups is 1. The number of benzene rings is 1. The Morgan fingerprint density at radius 1 is 1.18 bits per heavy atom. The molecule has 3 aromatic rings. The Hall–Kier alpha value is -2.91. The number of piperazine rings is 1. The molecule has 3 aliphatic heterocycles. The van der Waals surface area contributed by atoms with Crippen LogP contribution in [-0.2, 0) is 4.79 Å². The molecular formula is C25H29N5O3S. The third kappa shape index (κ3) is 3.58. The van der Waals surface area contributed by atoms with Crippen LogP contribution in [-0.4, -0.2) is 66.4 Å². The van der Waals surface area contributed by atoms with Crippen LogP contribution < -0.4 is 19.9 Å². The fourth-order valence-corrected chi connectivity index (χ4v) is 6.83. The molecule has 0 spiro atoms. The predicted molar refractivity (Wildman–Crippen MR) is 134 cm³/mol. The summed E-state index contributed by atoms with van der Waals surface area (Å²) in [6.07, 6.45) is 4.18. The number of rotatable bonds is 5. The first-order valence-corrected chi connectivity index (χ1v) is 12.9. The lowest BCUT2D eigenvalue weighted by Crippen LogP contribution is -2.48. The van der Waals surface area contributed by atoms with E-state index in [0.29, 0.717) is 31.1 Å². The van der Waals surface area contributed by atoms with Crippen LogP contribution in [0.4, 0.5) is 11.8 Å². The molecule has 178 valence electrons. The van der Waals surface area contributed by atoms with Gasteiger partial charge in [0.25, 0.3) is 0 Å². The van der Waals surface area contributed by atoms with Gasteiger partial charge in [0.2, 0.25) is 11.9 Å². The number of thiophene rings is 1. The van der Waals surface area contributed by atoms with Gasteiger partial charge in [0.05, 0.1) is 19.0 Å². The first-order valence-electron chi connectivity index (χ1n) is 12.0. The van der Waals surface area contributed by atoms with Gasteiger partial charge in [-0.2, -0.15) is 4.98 Å². The highest BCUT2D eigenvalue weighted by molar-refractivity contribution is 7.17. The molecule has 2 atom stereocenters. The number of nitrogens with zero attached hydrogens (tertiary/aromatic N) is 4. The maximum Gasteiger partial charge on any atom is 0.239 e. The van der Waals surface area contributed by atoms with Crippen molar-refractivity contribution < 1.29 is 14.6 Å². The molecule has 34 heavy (non-hydrogen) atoms. The summed E-state index contributed by atoms with van der Waals surface area (Å²) >= 11 is 1.61. The Morgan fingerprint density at radius 2 is 1.97 bits per heavy atom. The van der Waals surface area contributed by atoms with Crippen molar-refractivity contribution in [1.82, 2.24) is 15.3 Å². The van der Waals surface area contributed by atoms with E-state index >= 15 is 0 Å². The molecule has 1 aromatic carbocycles. The predicted octanol–water partition coefficient (Wildman–Crippen LogP) is 3.04. The van der Waals surface area contributed by atoms with Crippen molar-refractivity contribution in [2.75, 3.05) is 43.2 Å². The molecule has 0 radical (unpaired) electrons. The molecule has 8 nitrogen and oxygen atoms in total. The number of aromatic nitrogens is 2. The fraction of sp³-hybridized carbons (Fsp3) is 0.480. The normalized spacial score (nSPS) is 24.5. The van der Waals surface area contributed by atoms with E-state index < -0.39 is 0 Å². The number of hydrogen-bond acceptors (Lipinski definition) is 8. The van der Waals surface area contributed by atoms with Gasteiger partial charge in [-0.25, -0.2) is 4.98 Å². The van der Waals surface area contributed by atoms with Crippen LogP contribution in [0.5, 0.6) is 5.75 Å². The van der Waals surface area contributed by atoms with E-state index in [0.717, 1.165) is 64.5 Å². The van der Waals surface area contributed by atoms with E-state index in [4.69, 9.17) is 14.7 Å². The smallest absolute Gasteiger partial charge is 0.239 e. The van der Waals surface area contributed by atoms with Crippen molar-refractivity contribution in [2.24, 2.45) is 5.92 Å². The molecule has 9 heteroatoms. The first kappa shape index (κ1) is 21.6. The van der Waals surface area contributed by atoms with Gasteiger partial charge in [0.15, 0.2) is 0 Å². The number of fused-ring (bicyclic) bond motifs is 3. The molecule has 2 aromatic heterocycles. The molecule has 5 heterocycles. The molecule has 2 N–H and O–H groups in total. The topological polar surface area (TPSA) is 90.8 Å². The number of aliphatic hydroxyl groups excluding tert-OH is 1. The van der Waals surface area contributed by atoms with Gasteiger partial charge in [0.1, 0.15) is 16.4 Å². The SMILES string of the molecule is COc1ccccc1-c1csc2nc(N3C4CCC3CC(CO)C4)nc(N3CCNC(=O)C3)c12. The number of ether oxygens (including phenoxy) is 1. The zero-order valence-corrected chi connectivity index (χ0v) is 20.1. The molecular weight excluding hydrogens is 450 g/mol. The quantitative estimate of drug-likeness (QED) is 0.581. The summed E-state index contributed by atoms with van der Waals surface area (Å²) in [7, 11) is 1.68. The van der Waals surface area contributed by atoms with Crippen molar-refractivity contribution in [2.45, 2.75) is 37.8 Å². The van der Waals surface area contributed by atoms with E-state index in [9.17, 15) is 9.90 Å². The number of hydrogen-bond donors (Lipinski definition) is 2. The molecule has 2 bridgehead atoms. The van der Waals surface area contributed by atoms with Crippen molar-refractivity contribution in [1.29, 1.82) is 0 Å². The summed E-state index contributed by atoms with van der Waals surface area (Å²) in [6.45, 7) is 1.84. The van der Waals surface area contributed by atoms with Crippen LogP contribution in [0.2, 0.25) is 0 Å². The summed E-state index contributed by atoms with van der Waals surface area (Å²) in [6, 6.07) is 8.71. The van der Waals surface area contributed by atoms with Gasteiger partial charge < -0.3 is 25.0 Å². The van der Waals surface area contributed by atoms with Crippen LogP contribution in [0.1, 0.15) is 25.7 Å². The van der Waals surface area contributed by atoms with Gasteiger partial charge in [-0.1, -0.05) is 18.2 Å². The van der Waals surface area contributed by atoms with Crippen molar-refractivity contribution in [3.05, 3.63) is 29.6 Å². The summed E-state index contributed by atoms with van der Waals surface area (Å²) in [5.74, 6) is 2.75. The lowest BCUT2D eigenvalue weighted by Gasteiger charge is -2.39. The van der Waals surface area contributed by atoms with E-state index in [1.165, 1.54) is 0 Å². The molecule has 0 saturated carbocycles. The monoisotopic (exact) mass is 479 g/mol. The van der Waals surface area contributed by atoms with Crippen LogP contribution in [0.25, 0.3) is 21.3 Å². The maximum atomic E-state index is 12.3. The minimum Gasteiger partial charge on any atom is -0.496 e. The second-order valence-corrected chi connectivity index (χ2v) is 10.3. The number of carbonyl (C=O) groups excluding carboxylic acids is 1. The summed E-state index contributed by atoms with van der Waals surface area (Å²) in [5.41, 5.74) is 2.03. The zero-order chi connectivity index (χ0) is 23.2. The number of para-hydroxylation sites is 1. The average Bonchev–Trinajstić information content (AvgIpc) is 3.41. The molecule has 0 aliphatic carbocycles. The Balaban J connectivity index is 1.50. The molecule has 2 unspecified atom stereocenters. The van der Waals surface area contributed by atoms with Crippen molar-refractivity contribution in [3.63, 3.8) is 0 Å². The van der Waals surface area contributed by atoms with Crippen molar-refractivity contribution >= 4 is 39.2 Å². The number of piperidine rings is 1. The number of anilines is 2. The maximum absolute atomic E-state index is 12.3. The second-order valence-electron chi connectivity index (χ2n) is 9.46. The highest BCUT2D eigenvalue weighted by Gasteiger charge is 2.42. The minimum absolute atomic E-state index is 0.0115. The third-order valence-corrected chi connectivity index (χ3v) is 8.33. The standard InChI is InChI=1S/C25H29N5O3S/c1-33-20-5-3-2-4-18(20)19-14-34-24-22(19)23(29-9-8-26-21(32)12-29)27-25(28-24)30-16-6-7-17(30)11-15(10-16)13-31/h2-5,14-17,31H,6-13H2,1H3,(H,26,32). The van der Waals surface area contributed by atoms with E-state index in [-0.39, 0.29) is 19.1 Å². The van der Waals surface area contributed by atoms with Crippen molar-refractivity contribution in [3.8, 4) is 16.9 Å². The highest BCUT2D eigenvalue weighted by atomic mass is 32.1. The molecule has 3 saturated heterocycles. The number of methoxy groups -OCH3 is 1. The number of carbonyl (C=O) groups is 1. The van der Waals surface area contributed by atoms with Gasteiger partial charge in [-0.05, 0) is 37.7 Å². The number of nitrogens with one attached hydrogen (secondary N) is 1. The summed E-state index contributed by atoms with van der Waals surface area (Å²) < 4.78 is 5.65.